The molecule has 2 aromatic carbocycles. The molecular formula is C14H8ClN3. The first-order chi connectivity index (χ1) is 8.72. The molecule has 0 fully saturated rings. The van der Waals surface area contributed by atoms with E-state index in [2.05, 4.69) is 17.5 Å². The van der Waals surface area contributed by atoms with Crippen molar-refractivity contribution in [2.45, 2.75) is 0 Å². The Hall–Kier alpha value is -2.49. The van der Waals surface area contributed by atoms with Crippen molar-refractivity contribution in [1.29, 1.82) is 10.5 Å². The second-order valence-corrected chi connectivity index (χ2v) is 4.03. The summed E-state index contributed by atoms with van der Waals surface area (Å²) in [5.41, 5.74) is 2.61. The van der Waals surface area contributed by atoms with E-state index >= 15 is 0 Å². The largest absolute Gasteiger partial charge is 0.354 e. The van der Waals surface area contributed by atoms with Crippen LogP contribution in [0.25, 0.3) is 0 Å². The van der Waals surface area contributed by atoms with E-state index in [4.69, 9.17) is 22.1 Å². The van der Waals surface area contributed by atoms with Gasteiger partial charge in [0.25, 0.3) is 0 Å². The van der Waals surface area contributed by atoms with Crippen molar-refractivity contribution in [2.24, 2.45) is 0 Å². The first kappa shape index (κ1) is 12.0. The zero-order valence-electron chi connectivity index (χ0n) is 9.31. The first-order valence-corrected chi connectivity index (χ1v) is 5.57. The third-order valence-corrected chi connectivity index (χ3v) is 2.72. The summed E-state index contributed by atoms with van der Waals surface area (Å²) in [5.74, 6) is 0. The van der Waals surface area contributed by atoms with E-state index in [1.165, 1.54) is 0 Å². The molecule has 0 aromatic heterocycles. The van der Waals surface area contributed by atoms with Crippen LogP contribution in [-0.4, -0.2) is 0 Å². The lowest BCUT2D eigenvalue weighted by atomic mass is 10.2. The van der Waals surface area contributed by atoms with E-state index < -0.39 is 0 Å². The molecule has 0 aliphatic heterocycles. The molecule has 0 saturated carbocycles. The Kier molecular flexibility index (Phi) is 3.48. The lowest BCUT2D eigenvalue weighted by Crippen LogP contribution is -1.92. The van der Waals surface area contributed by atoms with Gasteiger partial charge in [0.15, 0.2) is 0 Å². The van der Waals surface area contributed by atoms with Crippen LogP contribution in [0, 0.1) is 22.7 Å². The molecule has 86 valence electrons. The van der Waals surface area contributed by atoms with Crippen LogP contribution in [-0.2, 0) is 0 Å². The molecule has 0 spiro atoms. The van der Waals surface area contributed by atoms with Crippen LogP contribution < -0.4 is 5.32 Å². The lowest BCUT2D eigenvalue weighted by Gasteiger charge is -2.08. The molecule has 0 aliphatic carbocycles. The van der Waals surface area contributed by atoms with Crippen LogP contribution in [0.15, 0.2) is 42.5 Å². The van der Waals surface area contributed by atoms with Crippen molar-refractivity contribution < 1.29 is 0 Å². The van der Waals surface area contributed by atoms with Gasteiger partial charge in [-0.15, -0.1) is 0 Å². The van der Waals surface area contributed by atoms with Gasteiger partial charge in [-0.2, -0.15) is 10.5 Å². The number of benzene rings is 2. The number of nitriles is 2. The number of hydrogen-bond donors (Lipinski definition) is 1. The first-order valence-electron chi connectivity index (χ1n) is 5.20. The summed E-state index contributed by atoms with van der Waals surface area (Å²) in [5, 5.41) is 21.2. The summed E-state index contributed by atoms with van der Waals surface area (Å²) in [6.07, 6.45) is 0. The smallest absolute Gasteiger partial charge is 0.0992 e. The summed E-state index contributed by atoms with van der Waals surface area (Å²) in [6.45, 7) is 0. The van der Waals surface area contributed by atoms with E-state index in [0.717, 1.165) is 5.69 Å². The van der Waals surface area contributed by atoms with Crippen LogP contribution in [0.1, 0.15) is 11.1 Å². The Morgan fingerprint density at radius 2 is 1.50 bits per heavy atom. The van der Waals surface area contributed by atoms with E-state index in [-0.39, 0.29) is 0 Å². The number of hydrogen-bond acceptors (Lipinski definition) is 3. The van der Waals surface area contributed by atoms with Gasteiger partial charge < -0.3 is 5.32 Å². The fourth-order valence-corrected chi connectivity index (χ4v) is 1.64. The molecule has 0 radical (unpaired) electrons. The number of anilines is 2. The minimum atomic E-state index is 0.538. The van der Waals surface area contributed by atoms with Crippen LogP contribution in [0.3, 0.4) is 0 Å². The fraction of sp³-hybridized carbons (Fsp3) is 0. The predicted octanol–water partition coefficient (Wildman–Crippen LogP) is 3.83. The van der Waals surface area contributed by atoms with Gasteiger partial charge in [-0.25, -0.2) is 0 Å². The zero-order valence-corrected chi connectivity index (χ0v) is 10.1. The molecule has 2 aromatic rings. The monoisotopic (exact) mass is 253 g/mol. The number of nitrogens with zero attached hydrogens (tertiary/aromatic N) is 2. The maximum atomic E-state index is 8.83. The molecular weight excluding hydrogens is 246 g/mol. The standard InChI is InChI=1S/C14H8ClN3/c15-13-6-3-11(9-17)7-14(13)18-12-4-1-10(8-16)2-5-12/h1-7,18H. The lowest BCUT2D eigenvalue weighted by molar-refractivity contribution is 1.46. The van der Waals surface area contributed by atoms with Gasteiger partial charge in [-0.3, -0.25) is 0 Å². The van der Waals surface area contributed by atoms with E-state index in [1.807, 2.05) is 0 Å². The van der Waals surface area contributed by atoms with Gasteiger partial charge in [0.1, 0.15) is 0 Å². The van der Waals surface area contributed by atoms with Crippen molar-refractivity contribution in [1.82, 2.24) is 0 Å². The van der Waals surface area contributed by atoms with Crippen molar-refractivity contribution in [3.8, 4) is 12.1 Å². The average molecular weight is 254 g/mol. The second-order valence-electron chi connectivity index (χ2n) is 3.62. The van der Waals surface area contributed by atoms with Gasteiger partial charge in [-0.05, 0) is 42.5 Å². The Bertz CT molecular complexity index is 648. The van der Waals surface area contributed by atoms with Crippen LogP contribution >= 0.6 is 11.6 Å². The van der Waals surface area contributed by atoms with Crippen LogP contribution in [0.5, 0.6) is 0 Å². The Morgan fingerprint density at radius 1 is 0.889 bits per heavy atom. The van der Waals surface area contributed by atoms with Gasteiger partial charge in [0.2, 0.25) is 0 Å². The molecule has 0 aliphatic rings. The minimum absolute atomic E-state index is 0.538. The molecule has 18 heavy (non-hydrogen) atoms. The van der Waals surface area contributed by atoms with Crippen LogP contribution in [0.4, 0.5) is 11.4 Å². The van der Waals surface area contributed by atoms with E-state index in [9.17, 15) is 0 Å². The number of rotatable bonds is 2. The zero-order chi connectivity index (χ0) is 13.0. The minimum Gasteiger partial charge on any atom is -0.354 e. The molecule has 0 amide bonds. The average Bonchev–Trinajstić information content (AvgIpc) is 2.42. The highest BCUT2D eigenvalue weighted by Crippen LogP contribution is 2.26. The van der Waals surface area contributed by atoms with E-state index in [1.54, 1.807) is 42.5 Å². The molecule has 3 nitrogen and oxygen atoms in total. The van der Waals surface area contributed by atoms with Gasteiger partial charge >= 0.3 is 0 Å². The SMILES string of the molecule is N#Cc1ccc(Nc2cc(C#N)ccc2Cl)cc1. The Balaban J connectivity index is 2.28. The molecule has 0 saturated heterocycles. The summed E-state index contributed by atoms with van der Waals surface area (Å²) in [6, 6.07) is 16.1. The third-order valence-electron chi connectivity index (χ3n) is 2.39. The summed E-state index contributed by atoms with van der Waals surface area (Å²) in [7, 11) is 0. The molecule has 0 atom stereocenters. The predicted molar refractivity (Wildman–Crippen MR) is 70.6 cm³/mol. The van der Waals surface area contributed by atoms with E-state index in [0.29, 0.717) is 21.8 Å². The summed E-state index contributed by atoms with van der Waals surface area (Å²) >= 11 is 6.04. The van der Waals surface area contributed by atoms with Gasteiger partial charge in [0.05, 0.1) is 34.0 Å². The highest BCUT2D eigenvalue weighted by atomic mass is 35.5. The third kappa shape index (κ3) is 2.60. The molecule has 0 heterocycles. The number of nitrogens with one attached hydrogen (secondary N) is 1. The topological polar surface area (TPSA) is 59.6 Å². The number of halogens is 1. The maximum Gasteiger partial charge on any atom is 0.0992 e. The quantitative estimate of drug-likeness (QED) is 0.885. The molecule has 0 unspecified atom stereocenters. The molecule has 0 bridgehead atoms. The van der Waals surface area contributed by atoms with Crippen molar-refractivity contribution in [3.63, 3.8) is 0 Å². The molecule has 1 N–H and O–H groups in total. The van der Waals surface area contributed by atoms with Crippen molar-refractivity contribution >= 4 is 23.0 Å². The molecule has 2 rings (SSSR count). The second kappa shape index (κ2) is 5.23. The highest BCUT2D eigenvalue weighted by Gasteiger charge is 2.02. The highest BCUT2D eigenvalue weighted by molar-refractivity contribution is 6.33. The Labute approximate surface area is 110 Å². The summed E-state index contributed by atoms with van der Waals surface area (Å²) < 4.78 is 0. The Morgan fingerprint density at radius 3 is 2.11 bits per heavy atom. The van der Waals surface area contributed by atoms with Crippen molar-refractivity contribution in [3.05, 3.63) is 58.6 Å². The fourth-order valence-electron chi connectivity index (χ4n) is 1.47. The normalized spacial score (nSPS) is 9.28. The maximum absolute atomic E-state index is 8.83. The summed E-state index contributed by atoms with van der Waals surface area (Å²) in [4.78, 5) is 0. The molecule has 4 heteroatoms. The van der Waals surface area contributed by atoms with Crippen LogP contribution in [0.2, 0.25) is 5.02 Å². The van der Waals surface area contributed by atoms with Gasteiger partial charge in [0, 0.05) is 5.69 Å². The van der Waals surface area contributed by atoms with Crippen molar-refractivity contribution in [2.75, 3.05) is 5.32 Å². The van der Waals surface area contributed by atoms with Gasteiger partial charge in [-0.1, -0.05) is 11.6 Å².